The van der Waals surface area contributed by atoms with Gasteiger partial charge in [0.15, 0.2) is 17.1 Å². The van der Waals surface area contributed by atoms with E-state index in [1.807, 2.05) is 0 Å². The lowest BCUT2D eigenvalue weighted by Crippen LogP contribution is -2.44. The SMILES string of the molecule is O=C(NCC(O)(c1ccco1)c1cccs1)C(=O)Nc1ccc2c(c1)OCCO2. The number of hydrogen-bond donors (Lipinski definition) is 3. The molecule has 0 saturated carbocycles. The number of hydrogen-bond acceptors (Lipinski definition) is 7. The van der Waals surface area contributed by atoms with Gasteiger partial charge in [-0.2, -0.15) is 0 Å². The summed E-state index contributed by atoms with van der Waals surface area (Å²) in [5, 5.41) is 17.9. The zero-order chi connectivity index (χ0) is 20.3. The van der Waals surface area contributed by atoms with E-state index in [9.17, 15) is 14.7 Å². The molecular weight excluding hydrogens is 396 g/mol. The van der Waals surface area contributed by atoms with Crippen LogP contribution in [0.2, 0.25) is 0 Å². The number of anilines is 1. The summed E-state index contributed by atoms with van der Waals surface area (Å²) >= 11 is 1.32. The maximum Gasteiger partial charge on any atom is 0.313 e. The standard InChI is InChI=1S/C20H18N2O6S/c23-18(19(24)22-13-5-6-14-15(11-13)27-9-8-26-14)21-12-20(25,16-3-1-7-28-16)17-4-2-10-29-17/h1-7,10-11,25H,8-9,12H2,(H,21,23)(H,22,24). The van der Waals surface area contributed by atoms with Crippen LogP contribution < -0.4 is 20.1 Å². The average Bonchev–Trinajstić information content (AvgIpc) is 3.46. The van der Waals surface area contributed by atoms with Crippen molar-refractivity contribution in [3.8, 4) is 11.5 Å². The van der Waals surface area contributed by atoms with E-state index in [0.29, 0.717) is 35.3 Å². The van der Waals surface area contributed by atoms with Crippen LogP contribution in [0, 0.1) is 0 Å². The van der Waals surface area contributed by atoms with Gasteiger partial charge in [0.05, 0.1) is 12.8 Å². The summed E-state index contributed by atoms with van der Waals surface area (Å²) in [4.78, 5) is 25.2. The topological polar surface area (TPSA) is 110 Å². The van der Waals surface area contributed by atoms with Crippen molar-refractivity contribution in [3.05, 3.63) is 64.7 Å². The summed E-state index contributed by atoms with van der Waals surface area (Å²) in [5.74, 6) is -0.402. The second-order valence-corrected chi connectivity index (χ2v) is 7.26. The molecule has 3 aromatic rings. The number of furan rings is 1. The minimum atomic E-state index is -1.58. The van der Waals surface area contributed by atoms with E-state index < -0.39 is 17.4 Å². The Morgan fingerprint density at radius 1 is 1.07 bits per heavy atom. The summed E-state index contributed by atoms with van der Waals surface area (Å²) in [6, 6.07) is 11.6. The average molecular weight is 414 g/mol. The lowest BCUT2D eigenvalue weighted by molar-refractivity contribution is -0.136. The van der Waals surface area contributed by atoms with Gasteiger partial charge >= 0.3 is 11.8 Å². The van der Waals surface area contributed by atoms with E-state index in [1.54, 1.807) is 47.8 Å². The largest absolute Gasteiger partial charge is 0.486 e. The van der Waals surface area contributed by atoms with E-state index in [2.05, 4.69) is 10.6 Å². The fourth-order valence-electron chi connectivity index (χ4n) is 2.92. The predicted octanol–water partition coefficient (Wildman–Crippen LogP) is 2.10. The molecule has 150 valence electrons. The number of carbonyl (C=O) groups excluding carboxylic acids is 2. The molecule has 1 atom stereocenters. The smallest absolute Gasteiger partial charge is 0.313 e. The van der Waals surface area contributed by atoms with Crippen LogP contribution in [0.3, 0.4) is 0 Å². The molecule has 0 radical (unpaired) electrons. The molecule has 3 N–H and O–H groups in total. The molecule has 2 amide bonds. The molecule has 0 fully saturated rings. The highest BCUT2D eigenvalue weighted by atomic mass is 32.1. The zero-order valence-corrected chi connectivity index (χ0v) is 16.0. The first-order chi connectivity index (χ1) is 14.1. The van der Waals surface area contributed by atoms with Crippen molar-refractivity contribution in [2.75, 3.05) is 25.1 Å². The van der Waals surface area contributed by atoms with E-state index in [0.717, 1.165) is 0 Å². The van der Waals surface area contributed by atoms with Gasteiger partial charge in [-0.15, -0.1) is 11.3 Å². The molecule has 9 heteroatoms. The first kappa shape index (κ1) is 19.0. The van der Waals surface area contributed by atoms with Crippen LogP contribution in [0.5, 0.6) is 11.5 Å². The number of thiophene rings is 1. The molecule has 2 aromatic heterocycles. The molecule has 1 aromatic carbocycles. The van der Waals surface area contributed by atoms with Crippen LogP contribution in [-0.4, -0.2) is 36.7 Å². The number of fused-ring (bicyclic) bond motifs is 1. The van der Waals surface area contributed by atoms with Gasteiger partial charge in [-0.3, -0.25) is 9.59 Å². The summed E-state index contributed by atoms with van der Waals surface area (Å²) in [5.41, 5.74) is -1.18. The van der Waals surface area contributed by atoms with E-state index in [-0.39, 0.29) is 12.3 Å². The van der Waals surface area contributed by atoms with Crippen molar-refractivity contribution in [3.63, 3.8) is 0 Å². The summed E-state index contributed by atoms with van der Waals surface area (Å²) in [7, 11) is 0. The van der Waals surface area contributed by atoms with Crippen molar-refractivity contribution < 1.29 is 28.6 Å². The molecule has 0 spiro atoms. The molecule has 29 heavy (non-hydrogen) atoms. The number of aliphatic hydroxyl groups is 1. The van der Waals surface area contributed by atoms with Crippen molar-refractivity contribution in [2.45, 2.75) is 5.60 Å². The normalized spacial score (nSPS) is 14.7. The number of rotatable bonds is 5. The number of carbonyl (C=O) groups is 2. The van der Waals surface area contributed by atoms with Gasteiger partial charge in [-0.05, 0) is 35.7 Å². The van der Waals surface area contributed by atoms with Gasteiger partial charge in [0.2, 0.25) is 0 Å². The van der Waals surface area contributed by atoms with E-state index >= 15 is 0 Å². The Balaban J connectivity index is 1.42. The lowest BCUT2D eigenvalue weighted by Gasteiger charge is -2.25. The van der Waals surface area contributed by atoms with Gasteiger partial charge in [0.1, 0.15) is 19.0 Å². The third kappa shape index (κ3) is 3.96. The Morgan fingerprint density at radius 3 is 2.62 bits per heavy atom. The maximum atomic E-state index is 12.3. The monoisotopic (exact) mass is 414 g/mol. The number of ether oxygens (including phenoxy) is 2. The summed E-state index contributed by atoms with van der Waals surface area (Å²) < 4.78 is 16.2. The first-order valence-electron chi connectivity index (χ1n) is 8.85. The van der Waals surface area contributed by atoms with Crippen LogP contribution in [0.1, 0.15) is 10.6 Å². The maximum absolute atomic E-state index is 12.3. The number of amides is 2. The molecule has 4 rings (SSSR count). The molecular formula is C20H18N2O6S. The fraction of sp³-hybridized carbons (Fsp3) is 0.200. The molecule has 1 aliphatic heterocycles. The van der Waals surface area contributed by atoms with Gasteiger partial charge in [0.25, 0.3) is 0 Å². The first-order valence-corrected chi connectivity index (χ1v) is 9.73. The van der Waals surface area contributed by atoms with Gasteiger partial charge < -0.3 is 29.6 Å². The van der Waals surface area contributed by atoms with Gasteiger partial charge in [-0.1, -0.05) is 6.07 Å². The summed E-state index contributed by atoms with van der Waals surface area (Å²) in [6.07, 6.45) is 1.43. The molecule has 1 unspecified atom stereocenters. The van der Waals surface area contributed by atoms with Crippen molar-refractivity contribution in [1.29, 1.82) is 0 Å². The Morgan fingerprint density at radius 2 is 1.90 bits per heavy atom. The predicted molar refractivity (Wildman–Crippen MR) is 105 cm³/mol. The Kier molecular flexibility index (Phi) is 5.24. The second-order valence-electron chi connectivity index (χ2n) is 6.31. The quantitative estimate of drug-likeness (QED) is 0.552. The second kappa shape index (κ2) is 7.98. The van der Waals surface area contributed by atoms with E-state index in [4.69, 9.17) is 13.9 Å². The highest BCUT2D eigenvalue weighted by Gasteiger charge is 2.36. The molecule has 0 bridgehead atoms. The minimum absolute atomic E-state index is 0.228. The Hall–Kier alpha value is -3.30. The van der Waals surface area contributed by atoms with Crippen molar-refractivity contribution >= 4 is 28.8 Å². The van der Waals surface area contributed by atoms with Crippen molar-refractivity contribution in [2.24, 2.45) is 0 Å². The number of nitrogens with one attached hydrogen (secondary N) is 2. The molecule has 8 nitrogen and oxygen atoms in total. The Bertz CT molecular complexity index is 966. The minimum Gasteiger partial charge on any atom is -0.486 e. The van der Waals surface area contributed by atoms with Crippen LogP contribution in [0.15, 0.2) is 58.5 Å². The van der Waals surface area contributed by atoms with Crippen LogP contribution in [0.25, 0.3) is 0 Å². The molecule has 0 saturated heterocycles. The third-order valence-corrected chi connectivity index (χ3v) is 5.39. The highest BCUT2D eigenvalue weighted by molar-refractivity contribution is 7.10. The van der Waals surface area contributed by atoms with Gasteiger partial charge in [-0.25, -0.2) is 0 Å². The molecule has 0 aliphatic carbocycles. The van der Waals surface area contributed by atoms with Crippen molar-refractivity contribution in [1.82, 2.24) is 5.32 Å². The lowest BCUT2D eigenvalue weighted by atomic mass is 9.98. The zero-order valence-electron chi connectivity index (χ0n) is 15.2. The van der Waals surface area contributed by atoms with Crippen LogP contribution in [0.4, 0.5) is 5.69 Å². The fourth-order valence-corrected chi connectivity index (χ4v) is 3.75. The molecule has 1 aliphatic rings. The van der Waals surface area contributed by atoms with Crippen LogP contribution in [-0.2, 0) is 15.2 Å². The Labute approximate surface area is 170 Å². The van der Waals surface area contributed by atoms with Crippen LogP contribution >= 0.6 is 11.3 Å². The highest BCUT2D eigenvalue weighted by Crippen LogP contribution is 2.33. The van der Waals surface area contributed by atoms with Gasteiger partial charge in [0, 0.05) is 16.6 Å². The number of benzene rings is 1. The van der Waals surface area contributed by atoms with E-state index in [1.165, 1.54) is 17.6 Å². The third-order valence-electron chi connectivity index (χ3n) is 4.37. The summed E-state index contributed by atoms with van der Waals surface area (Å²) in [6.45, 7) is 0.650. The molecule has 3 heterocycles.